The molecule has 3 N–H and O–H groups in total. The number of nitrogens with one attached hydrogen (secondary N) is 1. The van der Waals surface area contributed by atoms with E-state index in [0.717, 1.165) is 17.1 Å². The molecule has 1 heterocycles. The zero-order chi connectivity index (χ0) is 11.3. The van der Waals surface area contributed by atoms with Gasteiger partial charge >= 0.3 is 0 Å². The Morgan fingerprint density at radius 3 is 2.87 bits per heavy atom. The molecular formula is C9H17N5S. The van der Waals surface area contributed by atoms with Crippen LogP contribution in [-0.2, 0) is 6.54 Å². The van der Waals surface area contributed by atoms with Crippen molar-refractivity contribution in [1.29, 1.82) is 0 Å². The lowest BCUT2D eigenvalue weighted by atomic mass is 10.2. The first-order valence-corrected chi connectivity index (χ1v) is 5.68. The fraction of sp³-hybridized carbons (Fsp3) is 0.667. The van der Waals surface area contributed by atoms with E-state index in [2.05, 4.69) is 33.7 Å². The summed E-state index contributed by atoms with van der Waals surface area (Å²) in [5.41, 5.74) is 6.62. The Morgan fingerprint density at radius 2 is 2.33 bits per heavy atom. The van der Waals surface area contributed by atoms with Gasteiger partial charge in [-0.25, -0.2) is 4.99 Å². The number of rotatable bonds is 4. The Balaban J connectivity index is 2.40. The second-order valence-electron chi connectivity index (χ2n) is 3.76. The number of nitrogens with zero attached hydrogens (tertiary/aromatic N) is 3. The number of hydrogen-bond donors (Lipinski definition) is 2. The number of nitrogens with two attached hydrogens (primary N) is 1. The van der Waals surface area contributed by atoms with Gasteiger partial charge in [-0.1, -0.05) is 18.3 Å². The molecule has 0 atom stereocenters. The Kier molecular flexibility index (Phi) is 4.48. The lowest BCUT2D eigenvalue weighted by molar-refractivity contribution is 0.622. The Morgan fingerprint density at radius 1 is 1.60 bits per heavy atom. The Bertz CT molecular complexity index is 331. The van der Waals surface area contributed by atoms with Crippen LogP contribution >= 0.6 is 11.5 Å². The van der Waals surface area contributed by atoms with Gasteiger partial charge in [0.1, 0.15) is 0 Å². The van der Waals surface area contributed by atoms with Gasteiger partial charge in [-0.05, 0) is 24.4 Å². The van der Waals surface area contributed by atoms with Crippen LogP contribution in [-0.4, -0.2) is 22.1 Å². The molecule has 84 valence electrons. The van der Waals surface area contributed by atoms with Crippen LogP contribution in [0.2, 0.25) is 0 Å². The highest BCUT2D eigenvalue weighted by Gasteiger charge is 2.01. The monoisotopic (exact) mass is 227 g/mol. The van der Waals surface area contributed by atoms with Crippen LogP contribution in [0.25, 0.3) is 0 Å². The van der Waals surface area contributed by atoms with Crippen LogP contribution in [0.15, 0.2) is 4.99 Å². The SMILES string of the molecule is Cc1nnsc1CN=C(N)NCC(C)C. The molecule has 0 unspecified atom stereocenters. The standard InChI is InChI=1S/C9H17N5S/c1-6(2)4-11-9(10)12-5-8-7(3)13-14-15-8/h6H,4-5H2,1-3H3,(H3,10,11,12). The predicted octanol–water partition coefficient (Wildman–Crippen LogP) is 0.907. The van der Waals surface area contributed by atoms with Crippen molar-refractivity contribution in [2.24, 2.45) is 16.6 Å². The molecule has 6 heteroatoms. The third-order valence-corrected chi connectivity index (χ3v) is 2.64. The molecule has 0 spiro atoms. The Labute approximate surface area is 94.0 Å². The summed E-state index contributed by atoms with van der Waals surface area (Å²) in [5.74, 6) is 1.04. The molecule has 0 aliphatic carbocycles. The summed E-state index contributed by atoms with van der Waals surface area (Å²) in [6.07, 6.45) is 0. The first-order valence-electron chi connectivity index (χ1n) is 4.91. The van der Waals surface area contributed by atoms with Gasteiger partial charge in [0, 0.05) is 6.54 Å². The summed E-state index contributed by atoms with van der Waals surface area (Å²) in [4.78, 5) is 5.27. The van der Waals surface area contributed by atoms with Crippen LogP contribution in [0.1, 0.15) is 24.4 Å². The molecule has 0 radical (unpaired) electrons. The normalized spacial score (nSPS) is 12.1. The van der Waals surface area contributed by atoms with E-state index in [4.69, 9.17) is 5.73 Å². The van der Waals surface area contributed by atoms with Crippen molar-refractivity contribution in [2.45, 2.75) is 27.3 Å². The molecule has 0 aliphatic rings. The molecule has 15 heavy (non-hydrogen) atoms. The van der Waals surface area contributed by atoms with E-state index in [0.29, 0.717) is 18.4 Å². The second kappa shape index (κ2) is 5.65. The van der Waals surface area contributed by atoms with Gasteiger partial charge in [0.05, 0.1) is 17.1 Å². The van der Waals surface area contributed by atoms with E-state index in [1.165, 1.54) is 11.5 Å². The van der Waals surface area contributed by atoms with E-state index < -0.39 is 0 Å². The topological polar surface area (TPSA) is 76.2 Å². The third kappa shape index (κ3) is 4.24. The minimum atomic E-state index is 0.483. The summed E-state index contributed by atoms with van der Waals surface area (Å²) in [6.45, 7) is 7.57. The van der Waals surface area contributed by atoms with Crippen LogP contribution in [0, 0.1) is 12.8 Å². The van der Waals surface area contributed by atoms with Gasteiger partial charge in [0.25, 0.3) is 0 Å². The summed E-state index contributed by atoms with van der Waals surface area (Å²) in [5, 5.41) is 6.96. The average molecular weight is 227 g/mol. The van der Waals surface area contributed by atoms with Crippen LogP contribution in [0.3, 0.4) is 0 Å². The molecule has 1 aromatic heterocycles. The van der Waals surface area contributed by atoms with E-state index in [9.17, 15) is 0 Å². The van der Waals surface area contributed by atoms with Crippen molar-refractivity contribution in [2.75, 3.05) is 6.54 Å². The summed E-state index contributed by atoms with van der Waals surface area (Å²) in [7, 11) is 0. The van der Waals surface area contributed by atoms with Crippen molar-refractivity contribution >= 4 is 17.5 Å². The quantitative estimate of drug-likeness (QED) is 0.592. The van der Waals surface area contributed by atoms with Gasteiger partial charge < -0.3 is 11.1 Å². The van der Waals surface area contributed by atoms with Gasteiger partial charge in [0.15, 0.2) is 5.96 Å². The highest BCUT2D eigenvalue weighted by molar-refractivity contribution is 7.05. The molecule has 0 fully saturated rings. The van der Waals surface area contributed by atoms with Crippen LogP contribution in [0.5, 0.6) is 0 Å². The lowest BCUT2D eigenvalue weighted by Gasteiger charge is -2.07. The molecule has 0 aromatic carbocycles. The average Bonchev–Trinajstić information content (AvgIpc) is 2.58. The molecular weight excluding hydrogens is 210 g/mol. The zero-order valence-corrected chi connectivity index (χ0v) is 10.1. The molecule has 1 aromatic rings. The van der Waals surface area contributed by atoms with Crippen LogP contribution < -0.4 is 11.1 Å². The van der Waals surface area contributed by atoms with E-state index in [1.54, 1.807) is 0 Å². The number of guanidine groups is 1. The maximum absolute atomic E-state index is 5.69. The van der Waals surface area contributed by atoms with Gasteiger partial charge in [-0.3, -0.25) is 0 Å². The minimum absolute atomic E-state index is 0.483. The highest BCUT2D eigenvalue weighted by atomic mass is 32.1. The summed E-state index contributed by atoms with van der Waals surface area (Å²) in [6, 6.07) is 0. The van der Waals surface area contributed by atoms with E-state index >= 15 is 0 Å². The first kappa shape index (κ1) is 11.9. The second-order valence-corrected chi connectivity index (χ2v) is 4.60. The van der Waals surface area contributed by atoms with Crippen molar-refractivity contribution in [3.8, 4) is 0 Å². The minimum Gasteiger partial charge on any atom is -0.370 e. The molecule has 1 rings (SSSR count). The highest BCUT2D eigenvalue weighted by Crippen LogP contribution is 2.09. The predicted molar refractivity (Wildman–Crippen MR) is 62.8 cm³/mol. The van der Waals surface area contributed by atoms with Crippen molar-refractivity contribution < 1.29 is 0 Å². The van der Waals surface area contributed by atoms with Crippen molar-refractivity contribution in [3.63, 3.8) is 0 Å². The van der Waals surface area contributed by atoms with Gasteiger partial charge in [0.2, 0.25) is 0 Å². The fourth-order valence-corrected chi connectivity index (χ4v) is 1.47. The molecule has 0 saturated heterocycles. The molecule has 0 saturated carbocycles. The molecule has 5 nitrogen and oxygen atoms in total. The van der Waals surface area contributed by atoms with Crippen molar-refractivity contribution in [3.05, 3.63) is 10.6 Å². The lowest BCUT2D eigenvalue weighted by Crippen LogP contribution is -2.34. The maximum atomic E-state index is 5.69. The smallest absolute Gasteiger partial charge is 0.188 e. The molecule has 0 amide bonds. The first-order chi connectivity index (χ1) is 7.09. The fourth-order valence-electron chi connectivity index (χ4n) is 0.918. The number of hydrogen-bond acceptors (Lipinski definition) is 4. The van der Waals surface area contributed by atoms with E-state index in [-0.39, 0.29) is 0 Å². The summed E-state index contributed by atoms with van der Waals surface area (Å²) >= 11 is 1.36. The number of aromatic nitrogens is 2. The third-order valence-electron chi connectivity index (χ3n) is 1.83. The number of aliphatic imine (C=N–C) groups is 1. The summed E-state index contributed by atoms with van der Waals surface area (Å²) < 4.78 is 3.84. The zero-order valence-electron chi connectivity index (χ0n) is 9.32. The molecule has 0 aliphatic heterocycles. The van der Waals surface area contributed by atoms with Crippen molar-refractivity contribution in [1.82, 2.24) is 14.9 Å². The van der Waals surface area contributed by atoms with E-state index in [1.807, 2.05) is 6.92 Å². The number of aryl methyl sites for hydroxylation is 1. The van der Waals surface area contributed by atoms with Crippen LogP contribution in [0.4, 0.5) is 0 Å². The largest absolute Gasteiger partial charge is 0.370 e. The maximum Gasteiger partial charge on any atom is 0.188 e. The molecule has 0 bridgehead atoms. The van der Waals surface area contributed by atoms with Gasteiger partial charge in [-0.15, -0.1) is 5.10 Å². The van der Waals surface area contributed by atoms with Gasteiger partial charge in [-0.2, -0.15) is 0 Å². The Hall–Kier alpha value is -1.17.